The van der Waals surface area contributed by atoms with Crippen molar-refractivity contribution in [2.24, 2.45) is 0 Å². The summed E-state index contributed by atoms with van der Waals surface area (Å²) in [5.41, 5.74) is 1.71. The molecule has 1 aromatic heterocycles. The average molecular weight is 150 g/mol. The second kappa shape index (κ2) is 2.36. The van der Waals surface area contributed by atoms with E-state index in [1.54, 1.807) is 6.33 Å². The topological polar surface area (TPSA) is 28.7 Å². The van der Waals surface area contributed by atoms with E-state index in [-0.39, 0.29) is 0 Å². The maximum absolute atomic E-state index is 4.06. The molecule has 1 aliphatic rings. The van der Waals surface area contributed by atoms with Crippen LogP contribution in [0.25, 0.3) is 0 Å². The van der Waals surface area contributed by atoms with E-state index < -0.39 is 0 Å². The molecule has 1 aromatic rings. The summed E-state index contributed by atoms with van der Waals surface area (Å²) in [5.74, 6) is 0. The average Bonchev–Trinajstić information content (AvgIpc) is 2.55. The van der Waals surface area contributed by atoms with E-state index in [0.29, 0.717) is 5.41 Å². The van der Waals surface area contributed by atoms with Crippen molar-refractivity contribution in [3.8, 4) is 0 Å². The quantitative estimate of drug-likeness (QED) is 0.653. The highest BCUT2D eigenvalue weighted by Gasteiger charge is 2.31. The van der Waals surface area contributed by atoms with Crippen molar-refractivity contribution in [1.82, 2.24) is 9.97 Å². The van der Waals surface area contributed by atoms with Crippen LogP contribution < -0.4 is 0 Å². The second-order valence-electron chi connectivity index (χ2n) is 3.73. The molecule has 1 heterocycles. The molecular weight excluding hydrogens is 136 g/mol. The van der Waals surface area contributed by atoms with Gasteiger partial charge in [-0.05, 0) is 12.8 Å². The first-order valence-corrected chi connectivity index (χ1v) is 4.30. The summed E-state index contributed by atoms with van der Waals surface area (Å²) in [4.78, 5) is 7.26. The van der Waals surface area contributed by atoms with E-state index in [9.17, 15) is 0 Å². The summed E-state index contributed by atoms with van der Waals surface area (Å²) in [6.45, 7) is 2.33. The summed E-state index contributed by atoms with van der Waals surface area (Å²) in [5, 5.41) is 0. The van der Waals surface area contributed by atoms with E-state index in [2.05, 4.69) is 16.9 Å². The number of nitrogens with zero attached hydrogens (tertiary/aromatic N) is 1. The summed E-state index contributed by atoms with van der Waals surface area (Å²) in [6.07, 6.45) is 9.11. The number of H-pyrrole nitrogens is 1. The van der Waals surface area contributed by atoms with Gasteiger partial charge in [0, 0.05) is 17.3 Å². The Balaban J connectivity index is 2.27. The molecule has 0 aromatic carbocycles. The zero-order chi connectivity index (χ0) is 7.73. The van der Waals surface area contributed by atoms with Crippen LogP contribution in [0.5, 0.6) is 0 Å². The van der Waals surface area contributed by atoms with Crippen molar-refractivity contribution in [1.29, 1.82) is 0 Å². The van der Waals surface area contributed by atoms with Crippen LogP contribution in [0.4, 0.5) is 0 Å². The van der Waals surface area contributed by atoms with Gasteiger partial charge in [0.1, 0.15) is 0 Å². The van der Waals surface area contributed by atoms with E-state index in [1.165, 1.54) is 31.4 Å². The zero-order valence-corrected chi connectivity index (χ0v) is 6.93. The Morgan fingerprint density at radius 2 is 2.18 bits per heavy atom. The van der Waals surface area contributed by atoms with Gasteiger partial charge in [-0.15, -0.1) is 0 Å². The van der Waals surface area contributed by atoms with Crippen LogP contribution >= 0.6 is 0 Å². The first kappa shape index (κ1) is 6.89. The highest BCUT2D eigenvalue weighted by molar-refractivity contribution is 5.13. The van der Waals surface area contributed by atoms with Gasteiger partial charge in [0.05, 0.1) is 6.33 Å². The van der Waals surface area contributed by atoms with Gasteiger partial charge in [0.2, 0.25) is 0 Å². The monoisotopic (exact) mass is 150 g/mol. The van der Waals surface area contributed by atoms with E-state index in [0.717, 1.165) is 0 Å². The summed E-state index contributed by atoms with van der Waals surface area (Å²) < 4.78 is 0. The van der Waals surface area contributed by atoms with Gasteiger partial charge in [0.15, 0.2) is 0 Å². The molecule has 2 heteroatoms. The molecule has 2 nitrogen and oxygen atoms in total. The Labute approximate surface area is 67.0 Å². The molecule has 0 aliphatic heterocycles. The molecular formula is C9H14N2. The Hall–Kier alpha value is -0.790. The van der Waals surface area contributed by atoms with Crippen molar-refractivity contribution < 1.29 is 0 Å². The second-order valence-corrected chi connectivity index (χ2v) is 3.73. The molecule has 0 saturated heterocycles. The fourth-order valence-electron chi connectivity index (χ4n) is 2.01. The third kappa shape index (κ3) is 1.06. The van der Waals surface area contributed by atoms with Crippen LogP contribution in [0.2, 0.25) is 0 Å². The maximum atomic E-state index is 4.06. The van der Waals surface area contributed by atoms with Crippen molar-refractivity contribution in [3.63, 3.8) is 0 Å². The highest BCUT2D eigenvalue weighted by Crippen LogP contribution is 2.39. The van der Waals surface area contributed by atoms with Crippen LogP contribution in [-0.4, -0.2) is 9.97 Å². The molecule has 1 fully saturated rings. The summed E-state index contributed by atoms with van der Waals surface area (Å²) in [7, 11) is 0. The first-order chi connectivity index (χ1) is 5.31. The Kier molecular flexibility index (Phi) is 1.48. The predicted octanol–water partition coefficient (Wildman–Crippen LogP) is 2.24. The number of hydrogen-bond acceptors (Lipinski definition) is 1. The van der Waals surface area contributed by atoms with Gasteiger partial charge < -0.3 is 4.98 Å². The fraction of sp³-hybridized carbons (Fsp3) is 0.667. The minimum absolute atomic E-state index is 0.399. The lowest BCUT2D eigenvalue weighted by Crippen LogP contribution is -2.16. The van der Waals surface area contributed by atoms with Gasteiger partial charge in [-0.25, -0.2) is 4.98 Å². The Morgan fingerprint density at radius 3 is 2.73 bits per heavy atom. The Morgan fingerprint density at radius 1 is 1.45 bits per heavy atom. The van der Waals surface area contributed by atoms with Crippen LogP contribution in [0, 0.1) is 0 Å². The third-order valence-electron chi connectivity index (χ3n) is 2.86. The number of rotatable bonds is 1. The largest absolute Gasteiger partial charge is 0.348 e. The van der Waals surface area contributed by atoms with Gasteiger partial charge in [-0.3, -0.25) is 0 Å². The highest BCUT2D eigenvalue weighted by atomic mass is 14.9. The molecule has 0 bridgehead atoms. The van der Waals surface area contributed by atoms with Gasteiger partial charge in [0.25, 0.3) is 0 Å². The van der Waals surface area contributed by atoms with Crippen molar-refractivity contribution in [3.05, 3.63) is 18.2 Å². The molecule has 0 radical (unpaired) electrons. The number of hydrogen-bond donors (Lipinski definition) is 1. The molecule has 0 unspecified atom stereocenters. The molecule has 0 atom stereocenters. The molecule has 1 aliphatic carbocycles. The third-order valence-corrected chi connectivity index (χ3v) is 2.86. The number of nitrogens with one attached hydrogen (secondary N) is 1. The maximum Gasteiger partial charge on any atom is 0.0921 e. The van der Waals surface area contributed by atoms with E-state index >= 15 is 0 Å². The molecule has 60 valence electrons. The van der Waals surface area contributed by atoms with Crippen LogP contribution in [-0.2, 0) is 5.41 Å². The lowest BCUT2D eigenvalue weighted by molar-refractivity contribution is 0.478. The van der Waals surface area contributed by atoms with E-state index in [4.69, 9.17) is 0 Å². The SMILES string of the molecule is CC1(c2cnc[nH]2)CCCC1. The summed E-state index contributed by atoms with van der Waals surface area (Å²) in [6, 6.07) is 0. The number of aromatic nitrogens is 2. The first-order valence-electron chi connectivity index (χ1n) is 4.30. The van der Waals surface area contributed by atoms with Crippen LogP contribution in [0.1, 0.15) is 38.3 Å². The van der Waals surface area contributed by atoms with Gasteiger partial charge >= 0.3 is 0 Å². The predicted molar refractivity (Wildman–Crippen MR) is 44.4 cm³/mol. The fourth-order valence-corrected chi connectivity index (χ4v) is 2.01. The smallest absolute Gasteiger partial charge is 0.0921 e. The lowest BCUT2D eigenvalue weighted by atomic mass is 9.86. The van der Waals surface area contributed by atoms with Crippen molar-refractivity contribution >= 4 is 0 Å². The normalized spacial score (nSPS) is 22.3. The lowest BCUT2D eigenvalue weighted by Gasteiger charge is -2.20. The van der Waals surface area contributed by atoms with Gasteiger partial charge in [-0.1, -0.05) is 19.8 Å². The number of imidazole rings is 1. The molecule has 0 amide bonds. The van der Waals surface area contributed by atoms with Gasteiger partial charge in [-0.2, -0.15) is 0 Å². The molecule has 11 heavy (non-hydrogen) atoms. The van der Waals surface area contributed by atoms with Crippen LogP contribution in [0.3, 0.4) is 0 Å². The minimum Gasteiger partial charge on any atom is -0.348 e. The summed E-state index contributed by atoms with van der Waals surface area (Å²) >= 11 is 0. The molecule has 2 rings (SSSR count). The zero-order valence-electron chi connectivity index (χ0n) is 6.93. The number of aromatic amines is 1. The minimum atomic E-state index is 0.399. The van der Waals surface area contributed by atoms with Crippen molar-refractivity contribution in [2.75, 3.05) is 0 Å². The van der Waals surface area contributed by atoms with Crippen molar-refractivity contribution in [2.45, 2.75) is 38.0 Å². The Bertz CT molecular complexity index is 220. The molecule has 0 spiro atoms. The van der Waals surface area contributed by atoms with Crippen LogP contribution in [0.15, 0.2) is 12.5 Å². The molecule has 1 saturated carbocycles. The standard InChI is InChI=1S/C9H14N2/c1-9(4-2-3-5-9)8-6-10-7-11-8/h6-7H,2-5H2,1H3,(H,10,11). The molecule has 1 N–H and O–H groups in total. The van der Waals surface area contributed by atoms with E-state index in [1.807, 2.05) is 6.20 Å².